The number of carbonyl (C=O) groups is 1. The van der Waals surface area contributed by atoms with Crippen LogP contribution in [0.2, 0.25) is 0 Å². The summed E-state index contributed by atoms with van der Waals surface area (Å²) in [5, 5.41) is 2.43. The minimum Gasteiger partial charge on any atom is -0.299 e. The minimum atomic E-state index is 0.800. The molecule has 2 rings (SSSR count). The summed E-state index contributed by atoms with van der Waals surface area (Å²) in [6.45, 7) is 2.09. The van der Waals surface area contributed by atoms with E-state index >= 15 is 0 Å². The number of hydrogen-bond donors (Lipinski definition) is 0. The number of rotatable bonds is 2. The van der Waals surface area contributed by atoms with Crippen molar-refractivity contribution in [1.29, 1.82) is 0 Å². The summed E-state index contributed by atoms with van der Waals surface area (Å²) in [5.74, 6) is 0. The van der Waals surface area contributed by atoms with Crippen LogP contribution in [0, 0.1) is 6.92 Å². The van der Waals surface area contributed by atoms with Gasteiger partial charge >= 0.3 is 0 Å². The van der Waals surface area contributed by atoms with Crippen LogP contribution in [0.3, 0.4) is 0 Å². The molecule has 0 heterocycles. The Hall–Kier alpha value is -1.89. The number of benzene rings is 2. The lowest BCUT2D eigenvalue weighted by molar-refractivity contribution is -0.104. The molecule has 15 heavy (non-hydrogen) atoms. The molecular weight excluding hydrogens is 184 g/mol. The predicted octanol–water partition coefficient (Wildman–Crippen LogP) is 3.36. The number of hydrogen-bond acceptors (Lipinski definition) is 1. The number of aldehydes is 1. The standard InChI is InChI=1S/C14H12O/c1-11-8-9-12(5-4-10-15)14-7-3-2-6-13(11)14/h2-10H,1H3. The van der Waals surface area contributed by atoms with Crippen molar-refractivity contribution in [3.8, 4) is 0 Å². The smallest absolute Gasteiger partial charge is 0.142 e. The van der Waals surface area contributed by atoms with Crippen LogP contribution < -0.4 is 0 Å². The Labute approximate surface area is 89.0 Å². The third kappa shape index (κ3) is 1.82. The Bertz CT molecular complexity index is 524. The highest BCUT2D eigenvalue weighted by molar-refractivity contribution is 5.94. The van der Waals surface area contributed by atoms with Gasteiger partial charge in [-0.15, -0.1) is 0 Å². The van der Waals surface area contributed by atoms with E-state index in [9.17, 15) is 4.79 Å². The van der Waals surface area contributed by atoms with Gasteiger partial charge in [0.1, 0.15) is 6.29 Å². The van der Waals surface area contributed by atoms with E-state index in [1.807, 2.05) is 24.3 Å². The molecule has 0 N–H and O–H groups in total. The summed E-state index contributed by atoms with van der Waals surface area (Å²) in [6.07, 6.45) is 4.17. The van der Waals surface area contributed by atoms with E-state index in [2.05, 4.69) is 25.1 Å². The van der Waals surface area contributed by atoms with Gasteiger partial charge in [-0.25, -0.2) is 0 Å². The monoisotopic (exact) mass is 196 g/mol. The van der Waals surface area contributed by atoms with E-state index in [0.717, 1.165) is 11.8 Å². The molecule has 1 heteroatoms. The van der Waals surface area contributed by atoms with Crippen molar-refractivity contribution in [2.24, 2.45) is 0 Å². The van der Waals surface area contributed by atoms with Gasteiger partial charge in [-0.1, -0.05) is 42.5 Å². The Morgan fingerprint density at radius 1 is 1.00 bits per heavy atom. The van der Waals surface area contributed by atoms with Crippen LogP contribution in [0.15, 0.2) is 42.5 Å². The lowest BCUT2D eigenvalue weighted by atomic mass is 10.0. The molecule has 0 amide bonds. The molecule has 0 unspecified atom stereocenters. The van der Waals surface area contributed by atoms with E-state index in [1.165, 1.54) is 22.4 Å². The summed E-state index contributed by atoms with van der Waals surface area (Å²) in [7, 11) is 0. The van der Waals surface area contributed by atoms with Crippen molar-refractivity contribution in [2.75, 3.05) is 0 Å². The van der Waals surface area contributed by atoms with Gasteiger partial charge in [0.25, 0.3) is 0 Å². The van der Waals surface area contributed by atoms with Crippen LogP contribution in [0.5, 0.6) is 0 Å². The first-order chi connectivity index (χ1) is 7.33. The highest BCUT2D eigenvalue weighted by atomic mass is 16.1. The van der Waals surface area contributed by atoms with E-state index in [0.29, 0.717) is 0 Å². The molecule has 0 aromatic heterocycles. The fourth-order valence-electron chi connectivity index (χ4n) is 1.76. The first kappa shape index (κ1) is 9.66. The van der Waals surface area contributed by atoms with Gasteiger partial charge < -0.3 is 0 Å². The zero-order chi connectivity index (χ0) is 10.7. The van der Waals surface area contributed by atoms with Gasteiger partial charge in [-0.05, 0) is 34.9 Å². The number of carbonyl (C=O) groups excluding carboxylic acids is 1. The fourth-order valence-corrected chi connectivity index (χ4v) is 1.76. The van der Waals surface area contributed by atoms with Gasteiger partial charge in [0, 0.05) is 0 Å². The van der Waals surface area contributed by atoms with Crippen LogP contribution in [0.1, 0.15) is 11.1 Å². The van der Waals surface area contributed by atoms with Crippen LogP contribution in [-0.2, 0) is 4.79 Å². The summed E-state index contributed by atoms with van der Waals surface area (Å²) in [4.78, 5) is 10.3. The lowest BCUT2D eigenvalue weighted by Gasteiger charge is -2.04. The quantitative estimate of drug-likeness (QED) is 0.531. The molecule has 74 valence electrons. The molecular formula is C14H12O. The Morgan fingerprint density at radius 2 is 1.73 bits per heavy atom. The van der Waals surface area contributed by atoms with Gasteiger partial charge in [-0.2, -0.15) is 0 Å². The summed E-state index contributed by atoms with van der Waals surface area (Å²) in [6, 6.07) is 12.3. The van der Waals surface area contributed by atoms with Crippen LogP contribution in [0.4, 0.5) is 0 Å². The molecule has 0 radical (unpaired) electrons. The average molecular weight is 196 g/mol. The highest BCUT2D eigenvalue weighted by Crippen LogP contribution is 2.22. The average Bonchev–Trinajstić information content (AvgIpc) is 2.29. The second-order valence-corrected chi connectivity index (χ2v) is 3.51. The van der Waals surface area contributed by atoms with Crippen molar-refractivity contribution in [2.45, 2.75) is 6.92 Å². The highest BCUT2D eigenvalue weighted by Gasteiger charge is 1.99. The maximum atomic E-state index is 10.3. The molecule has 0 aliphatic carbocycles. The fraction of sp³-hybridized carbons (Fsp3) is 0.0714. The predicted molar refractivity (Wildman–Crippen MR) is 63.8 cm³/mol. The lowest BCUT2D eigenvalue weighted by Crippen LogP contribution is -1.82. The maximum Gasteiger partial charge on any atom is 0.142 e. The molecule has 0 saturated heterocycles. The molecule has 0 saturated carbocycles. The Kier molecular flexibility index (Phi) is 2.64. The maximum absolute atomic E-state index is 10.3. The molecule has 2 aromatic rings. The van der Waals surface area contributed by atoms with Crippen molar-refractivity contribution >= 4 is 23.1 Å². The summed E-state index contributed by atoms with van der Waals surface area (Å²) < 4.78 is 0. The Morgan fingerprint density at radius 3 is 2.47 bits per heavy atom. The first-order valence-corrected chi connectivity index (χ1v) is 4.93. The van der Waals surface area contributed by atoms with Gasteiger partial charge in [0.05, 0.1) is 0 Å². The number of aryl methyl sites for hydroxylation is 1. The number of fused-ring (bicyclic) bond motifs is 1. The van der Waals surface area contributed by atoms with E-state index in [1.54, 1.807) is 0 Å². The van der Waals surface area contributed by atoms with E-state index in [-0.39, 0.29) is 0 Å². The third-order valence-corrected chi connectivity index (χ3v) is 2.53. The van der Waals surface area contributed by atoms with Crippen LogP contribution >= 0.6 is 0 Å². The molecule has 0 atom stereocenters. The largest absolute Gasteiger partial charge is 0.299 e. The van der Waals surface area contributed by atoms with E-state index < -0.39 is 0 Å². The van der Waals surface area contributed by atoms with Gasteiger partial charge in [-0.3, -0.25) is 4.79 Å². The SMILES string of the molecule is Cc1ccc(C=CC=O)c2ccccc12. The molecule has 2 aromatic carbocycles. The van der Waals surface area contributed by atoms with Gasteiger partial charge in [0.15, 0.2) is 0 Å². The van der Waals surface area contributed by atoms with Crippen molar-refractivity contribution in [3.05, 3.63) is 53.6 Å². The zero-order valence-electron chi connectivity index (χ0n) is 8.60. The second kappa shape index (κ2) is 4.09. The second-order valence-electron chi connectivity index (χ2n) is 3.51. The van der Waals surface area contributed by atoms with Gasteiger partial charge in [0.2, 0.25) is 0 Å². The van der Waals surface area contributed by atoms with Crippen molar-refractivity contribution < 1.29 is 4.79 Å². The molecule has 1 nitrogen and oxygen atoms in total. The molecule has 0 bridgehead atoms. The molecule has 0 fully saturated rings. The summed E-state index contributed by atoms with van der Waals surface area (Å²) >= 11 is 0. The van der Waals surface area contributed by atoms with Crippen LogP contribution in [-0.4, -0.2) is 6.29 Å². The normalized spacial score (nSPS) is 11.0. The molecule has 0 aliphatic heterocycles. The molecule has 0 spiro atoms. The summed E-state index contributed by atoms with van der Waals surface area (Å²) in [5.41, 5.74) is 2.34. The molecule has 0 aliphatic rings. The zero-order valence-corrected chi connectivity index (χ0v) is 8.60. The van der Waals surface area contributed by atoms with E-state index in [4.69, 9.17) is 0 Å². The minimum absolute atomic E-state index is 0.800. The topological polar surface area (TPSA) is 17.1 Å². The first-order valence-electron chi connectivity index (χ1n) is 4.93. The third-order valence-electron chi connectivity index (χ3n) is 2.53. The van der Waals surface area contributed by atoms with Crippen molar-refractivity contribution in [3.63, 3.8) is 0 Å². The number of allylic oxidation sites excluding steroid dienone is 1. The Balaban J connectivity index is 2.71. The van der Waals surface area contributed by atoms with Crippen LogP contribution in [0.25, 0.3) is 16.8 Å². The van der Waals surface area contributed by atoms with Crippen molar-refractivity contribution in [1.82, 2.24) is 0 Å².